The summed E-state index contributed by atoms with van der Waals surface area (Å²) in [4.78, 5) is 20.8. The van der Waals surface area contributed by atoms with Gasteiger partial charge in [0, 0.05) is 32.2 Å². The number of hydrogen-bond acceptors (Lipinski definition) is 8. The Morgan fingerprint density at radius 1 is 1.23 bits per heavy atom. The third-order valence-corrected chi connectivity index (χ3v) is 5.22. The second-order valence-electron chi connectivity index (χ2n) is 7.42. The van der Waals surface area contributed by atoms with Crippen LogP contribution < -0.4 is 5.32 Å². The second-order valence-corrected chi connectivity index (χ2v) is 7.42. The van der Waals surface area contributed by atoms with Crippen molar-refractivity contribution in [3.05, 3.63) is 11.7 Å². The first-order chi connectivity index (χ1) is 12.7. The molecule has 0 spiro atoms. The molecule has 9 nitrogen and oxygen atoms in total. The molecule has 3 aliphatic rings. The van der Waals surface area contributed by atoms with Gasteiger partial charge in [0.1, 0.15) is 0 Å². The summed E-state index contributed by atoms with van der Waals surface area (Å²) in [5.74, 6) is 0.314. The molecule has 3 fully saturated rings. The molecule has 1 amide bonds. The molecule has 9 heteroatoms. The smallest absolute Gasteiger partial charge is 0.292 e. The number of carbonyl (C=O) groups excluding carboxylic acids is 1. The molecular formula is C17H27N5O4. The van der Waals surface area contributed by atoms with Crippen molar-refractivity contribution in [2.75, 3.05) is 45.9 Å². The molecule has 1 aromatic heterocycles. The van der Waals surface area contributed by atoms with Crippen LogP contribution in [-0.2, 0) is 4.74 Å². The highest BCUT2D eigenvalue weighted by molar-refractivity contribution is 5.90. The molecule has 2 atom stereocenters. The number of nitrogens with zero attached hydrogens (tertiary/aromatic N) is 4. The van der Waals surface area contributed by atoms with E-state index in [4.69, 9.17) is 9.26 Å². The average Bonchev–Trinajstić information content (AvgIpc) is 3.12. The van der Waals surface area contributed by atoms with E-state index < -0.39 is 6.10 Å². The number of carbonyl (C=O) groups is 1. The minimum Gasteiger partial charge on any atom is -0.390 e. The summed E-state index contributed by atoms with van der Waals surface area (Å²) in [7, 11) is 0. The van der Waals surface area contributed by atoms with Crippen LogP contribution in [0.5, 0.6) is 0 Å². The Hall–Kier alpha value is -1.55. The molecule has 1 aromatic rings. The van der Waals surface area contributed by atoms with E-state index in [1.807, 2.05) is 0 Å². The standard InChI is InChI=1S/C17H27N5O4/c23-13(10-21-6-8-25-9-7-21)11-22-5-1-2-14(22)17-19-15(20-26-17)16(24)18-12-3-4-12/h12-14,23H,1-11H2,(H,18,24)/t13-,14-/m1/s1. The number of hydrogen-bond donors (Lipinski definition) is 2. The van der Waals surface area contributed by atoms with Crippen LogP contribution in [0.2, 0.25) is 0 Å². The molecule has 26 heavy (non-hydrogen) atoms. The summed E-state index contributed by atoms with van der Waals surface area (Å²) in [6, 6.07) is 0.243. The quantitative estimate of drug-likeness (QED) is 0.684. The molecule has 2 N–H and O–H groups in total. The zero-order valence-corrected chi connectivity index (χ0v) is 15.0. The Morgan fingerprint density at radius 3 is 2.81 bits per heavy atom. The molecule has 0 aromatic carbocycles. The van der Waals surface area contributed by atoms with Gasteiger partial charge >= 0.3 is 0 Å². The van der Waals surface area contributed by atoms with Crippen LogP contribution in [0, 0.1) is 0 Å². The number of morpholine rings is 1. The number of aromatic nitrogens is 2. The zero-order chi connectivity index (χ0) is 17.9. The van der Waals surface area contributed by atoms with E-state index in [0.29, 0.717) is 19.0 Å². The minimum atomic E-state index is -0.436. The van der Waals surface area contributed by atoms with Gasteiger partial charge in [0.2, 0.25) is 5.89 Å². The molecule has 0 bridgehead atoms. The summed E-state index contributed by atoms with van der Waals surface area (Å²) < 4.78 is 10.7. The summed E-state index contributed by atoms with van der Waals surface area (Å²) in [5, 5.41) is 17.2. The number of nitrogens with one attached hydrogen (secondary N) is 1. The van der Waals surface area contributed by atoms with Crippen molar-refractivity contribution in [3.8, 4) is 0 Å². The molecule has 0 radical (unpaired) electrons. The van der Waals surface area contributed by atoms with Gasteiger partial charge in [-0.1, -0.05) is 5.16 Å². The number of aliphatic hydroxyl groups excluding tert-OH is 1. The second kappa shape index (κ2) is 7.99. The van der Waals surface area contributed by atoms with E-state index in [0.717, 1.165) is 58.5 Å². The number of aliphatic hydroxyl groups is 1. The van der Waals surface area contributed by atoms with Crippen LogP contribution in [-0.4, -0.2) is 89.0 Å². The van der Waals surface area contributed by atoms with Gasteiger partial charge in [0.25, 0.3) is 11.7 Å². The molecule has 3 heterocycles. The number of rotatable bonds is 7. The first kappa shape index (κ1) is 17.8. The molecule has 1 saturated carbocycles. The molecule has 0 unspecified atom stereocenters. The van der Waals surface area contributed by atoms with Crippen LogP contribution in [0.3, 0.4) is 0 Å². The van der Waals surface area contributed by atoms with Crippen molar-refractivity contribution in [1.29, 1.82) is 0 Å². The topological polar surface area (TPSA) is 104 Å². The van der Waals surface area contributed by atoms with Crippen molar-refractivity contribution in [1.82, 2.24) is 25.3 Å². The Bertz CT molecular complexity index is 614. The normalized spacial score (nSPS) is 26.1. The van der Waals surface area contributed by atoms with Crippen LogP contribution in [0.15, 0.2) is 4.52 Å². The van der Waals surface area contributed by atoms with Crippen molar-refractivity contribution < 1.29 is 19.2 Å². The summed E-state index contributed by atoms with van der Waals surface area (Å²) >= 11 is 0. The number of ether oxygens (including phenoxy) is 1. The Labute approximate surface area is 152 Å². The monoisotopic (exact) mass is 365 g/mol. The molecule has 2 aliphatic heterocycles. The largest absolute Gasteiger partial charge is 0.390 e. The Balaban J connectivity index is 1.32. The van der Waals surface area contributed by atoms with Gasteiger partial charge in [-0.2, -0.15) is 4.98 Å². The van der Waals surface area contributed by atoms with Gasteiger partial charge in [-0.05, 0) is 32.2 Å². The summed E-state index contributed by atoms with van der Waals surface area (Å²) in [6.07, 6.45) is 3.52. The maximum Gasteiger partial charge on any atom is 0.292 e. The van der Waals surface area contributed by atoms with Gasteiger partial charge in [-0.3, -0.25) is 14.6 Å². The summed E-state index contributed by atoms with van der Waals surface area (Å²) in [5.41, 5.74) is 0. The third-order valence-electron chi connectivity index (χ3n) is 5.22. The first-order valence-electron chi connectivity index (χ1n) is 9.56. The van der Waals surface area contributed by atoms with E-state index in [9.17, 15) is 9.90 Å². The molecule has 2 saturated heterocycles. The highest BCUT2D eigenvalue weighted by Gasteiger charge is 2.33. The highest BCUT2D eigenvalue weighted by atomic mass is 16.5. The fourth-order valence-electron chi connectivity index (χ4n) is 3.67. The van der Waals surface area contributed by atoms with Crippen LogP contribution in [0.4, 0.5) is 0 Å². The molecule has 144 valence electrons. The number of amides is 1. The van der Waals surface area contributed by atoms with Gasteiger partial charge in [-0.25, -0.2) is 0 Å². The summed E-state index contributed by atoms with van der Waals surface area (Å²) in [6.45, 7) is 5.28. The average molecular weight is 365 g/mol. The van der Waals surface area contributed by atoms with Crippen molar-refractivity contribution in [3.63, 3.8) is 0 Å². The van der Waals surface area contributed by atoms with Gasteiger partial charge in [-0.15, -0.1) is 0 Å². The highest BCUT2D eigenvalue weighted by Crippen LogP contribution is 2.31. The van der Waals surface area contributed by atoms with Crippen molar-refractivity contribution in [2.24, 2.45) is 0 Å². The van der Waals surface area contributed by atoms with Gasteiger partial charge < -0.3 is 19.7 Å². The lowest BCUT2D eigenvalue weighted by molar-refractivity contribution is 0.00488. The van der Waals surface area contributed by atoms with Crippen LogP contribution in [0.1, 0.15) is 48.2 Å². The predicted molar refractivity (Wildman–Crippen MR) is 91.6 cm³/mol. The van der Waals surface area contributed by atoms with Gasteiger partial charge in [0.05, 0.1) is 25.4 Å². The van der Waals surface area contributed by atoms with E-state index in [2.05, 4.69) is 25.3 Å². The molecule has 1 aliphatic carbocycles. The van der Waals surface area contributed by atoms with E-state index >= 15 is 0 Å². The van der Waals surface area contributed by atoms with Gasteiger partial charge in [0.15, 0.2) is 0 Å². The predicted octanol–water partition coefficient (Wildman–Crippen LogP) is -0.208. The molecule has 4 rings (SSSR count). The maximum atomic E-state index is 12.0. The Morgan fingerprint density at radius 2 is 2.04 bits per heavy atom. The zero-order valence-electron chi connectivity index (χ0n) is 15.0. The SMILES string of the molecule is O=C(NC1CC1)c1noc([C@H]2CCCN2C[C@H](O)CN2CCOCC2)n1. The lowest BCUT2D eigenvalue weighted by atomic mass is 10.2. The minimum absolute atomic E-state index is 0.0238. The lowest BCUT2D eigenvalue weighted by Crippen LogP contribution is -2.44. The van der Waals surface area contributed by atoms with Crippen molar-refractivity contribution in [2.45, 2.75) is 43.9 Å². The van der Waals surface area contributed by atoms with E-state index in [1.165, 1.54) is 0 Å². The van der Waals surface area contributed by atoms with Crippen LogP contribution in [0.25, 0.3) is 0 Å². The Kier molecular flexibility index (Phi) is 5.49. The number of likely N-dealkylation sites (tertiary alicyclic amines) is 1. The number of β-amino-alcohol motifs (C(OH)–C–C–N with tert-alkyl or cyclic N) is 1. The molecular weight excluding hydrogens is 338 g/mol. The first-order valence-corrected chi connectivity index (χ1v) is 9.56. The van der Waals surface area contributed by atoms with Crippen molar-refractivity contribution >= 4 is 5.91 Å². The van der Waals surface area contributed by atoms with E-state index in [-0.39, 0.29) is 23.8 Å². The maximum absolute atomic E-state index is 12.0. The van der Waals surface area contributed by atoms with E-state index in [1.54, 1.807) is 0 Å². The fourth-order valence-corrected chi connectivity index (χ4v) is 3.67. The lowest BCUT2D eigenvalue weighted by Gasteiger charge is -2.31. The third kappa shape index (κ3) is 4.40. The fraction of sp³-hybridized carbons (Fsp3) is 0.824. The van der Waals surface area contributed by atoms with Crippen LogP contribution >= 0.6 is 0 Å².